The van der Waals surface area contributed by atoms with E-state index in [9.17, 15) is 0 Å². The second-order valence-corrected chi connectivity index (χ2v) is 4.54. The molecule has 1 aromatic rings. The molecule has 0 saturated heterocycles. The summed E-state index contributed by atoms with van der Waals surface area (Å²) < 4.78 is 0. The zero-order valence-corrected chi connectivity index (χ0v) is 10.8. The van der Waals surface area contributed by atoms with Crippen LogP contribution in [-0.2, 0) is 6.54 Å². The molecule has 1 aromatic carbocycles. The van der Waals surface area contributed by atoms with E-state index in [4.69, 9.17) is 0 Å². The van der Waals surface area contributed by atoms with Crippen molar-refractivity contribution in [3.63, 3.8) is 0 Å². The Morgan fingerprint density at radius 3 is 2.88 bits per heavy atom. The number of guanidine groups is 1. The largest absolute Gasteiger partial charge is 0.378 e. The number of likely N-dealkylation sites (N-methyl/N-ethyl adjacent to an activating group) is 1. The number of aliphatic imine (C=N–C) groups is 1. The molecule has 1 aliphatic rings. The summed E-state index contributed by atoms with van der Waals surface area (Å²) in [7, 11) is 6.18. The van der Waals surface area contributed by atoms with Gasteiger partial charge in [0.05, 0.1) is 6.54 Å². The van der Waals surface area contributed by atoms with Gasteiger partial charge in [0, 0.05) is 39.9 Å². The number of anilines is 1. The Morgan fingerprint density at radius 2 is 2.24 bits per heavy atom. The molecule has 2 rings (SSSR count). The molecule has 92 valence electrons. The van der Waals surface area contributed by atoms with E-state index in [1.165, 1.54) is 11.3 Å². The van der Waals surface area contributed by atoms with Crippen LogP contribution in [0.4, 0.5) is 5.69 Å². The maximum atomic E-state index is 4.41. The molecular weight excluding hydrogens is 212 g/mol. The summed E-state index contributed by atoms with van der Waals surface area (Å²) in [6.45, 7) is 2.74. The molecule has 1 N–H and O–H groups in total. The number of nitrogens with one attached hydrogen (secondary N) is 1. The predicted molar refractivity (Wildman–Crippen MR) is 72.5 cm³/mol. The second-order valence-electron chi connectivity index (χ2n) is 4.54. The highest BCUT2D eigenvalue weighted by Gasteiger charge is 2.11. The normalized spacial score (nSPS) is 14.8. The zero-order chi connectivity index (χ0) is 12.3. The van der Waals surface area contributed by atoms with E-state index < -0.39 is 0 Å². The van der Waals surface area contributed by atoms with E-state index in [2.05, 4.69) is 65.5 Å². The third-order valence-electron chi connectivity index (χ3n) is 2.94. The van der Waals surface area contributed by atoms with E-state index in [0.717, 1.165) is 25.6 Å². The Balaban J connectivity index is 1.97. The summed E-state index contributed by atoms with van der Waals surface area (Å²) in [6.07, 6.45) is 0. The lowest BCUT2D eigenvalue weighted by atomic mass is 10.2. The Hall–Kier alpha value is -1.71. The van der Waals surface area contributed by atoms with Crippen molar-refractivity contribution in [1.82, 2.24) is 10.2 Å². The van der Waals surface area contributed by atoms with Crippen LogP contribution in [0, 0.1) is 0 Å². The lowest BCUT2D eigenvalue weighted by Gasteiger charge is -2.17. The highest BCUT2D eigenvalue weighted by molar-refractivity contribution is 5.81. The first-order chi connectivity index (χ1) is 8.16. The summed E-state index contributed by atoms with van der Waals surface area (Å²) in [5, 5.41) is 3.37. The van der Waals surface area contributed by atoms with Gasteiger partial charge in [0.1, 0.15) is 0 Å². The number of hydrogen-bond donors (Lipinski definition) is 1. The van der Waals surface area contributed by atoms with Crippen molar-refractivity contribution in [2.24, 2.45) is 4.99 Å². The lowest BCUT2D eigenvalue weighted by molar-refractivity contribution is 0.534. The fourth-order valence-corrected chi connectivity index (χ4v) is 1.85. The van der Waals surface area contributed by atoms with Gasteiger partial charge in [-0.15, -0.1) is 0 Å². The summed E-state index contributed by atoms with van der Waals surface area (Å²) in [5.41, 5.74) is 2.50. The van der Waals surface area contributed by atoms with Crippen LogP contribution in [0.3, 0.4) is 0 Å². The Kier molecular flexibility index (Phi) is 3.52. The van der Waals surface area contributed by atoms with E-state index in [1.807, 2.05) is 0 Å². The van der Waals surface area contributed by atoms with Crippen molar-refractivity contribution in [1.29, 1.82) is 0 Å². The Labute approximate surface area is 103 Å². The van der Waals surface area contributed by atoms with Crippen LogP contribution < -0.4 is 10.2 Å². The van der Waals surface area contributed by atoms with Crippen molar-refractivity contribution >= 4 is 11.6 Å². The van der Waals surface area contributed by atoms with Gasteiger partial charge in [-0.2, -0.15) is 0 Å². The number of rotatable bonds is 3. The summed E-state index contributed by atoms with van der Waals surface area (Å²) in [5.74, 6) is 1.00. The maximum absolute atomic E-state index is 4.41. The molecule has 0 unspecified atom stereocenters. The van der Waals surface area contributed by atoms with Crippen molar-refractivity contribution in [3.05, 3.63) is 29.8 Å². The summed E-state index contributed by atoms with van der Waals surface area (Å²) in [4.78, 5) is 8.67. The molecule has 0 atom stereocenters. The molecule has 17 heavy (non-hydrogen) atoms. The molecule has 0 saturated carbocycles. The monoisotopic (exact) mass is 232 g/mol. The van der Waals surface area contributed by atoms with Gasteiger partial charge < -0.3 is 15.1 Å². The maximum Gasteiger partial charge on any atom is 0.194 e. The quantitative estimate of drug-likeness (QED) is 0.848. The number of hydrogen-bond acceptors (Lipinski definition) is 4. The number of benzene rings is 1. The zero-order valence-electron chi connectivity index (χ0n) is 10.8. The van der Waals surface area contributed by atoms with Crippen molar-refractivity contribution < 1.29 is 0 Å². The molecule has 0 spiro atoms. The molecular formula is C13H20N4. The van der Waals surface area contributed by atoms with Crippen LogP contribution in [0.25, 0.3) is 0 Å². The van der Waals surface area contributed by atoms with Crippen LogP contribution in [0.1, 0.15) is 5.56 Å². The highest BCUT2D eigenvalue weighted by Crippen LogP contribution is 2.13. The Morgan fingerprint density at radius 1 is 1.41 bits per heavy atom. The molecule has 1 aliphatic heterocycles. The van der Waals surface area contributed by atoms with E-state index in [-0.39, 0.29) is 0 Å². The van der Waals surface area contributed by atoms with Crippen molar-refractivity contribution in [2.45, 2.75) is 6.54 Å². The van der Waals surface area contributed by atoms with Gasteiger partial charge in [-0.25, -0.2) is 0 Å². The minimum atomic E-state index is 0.824. The first kappa shape index (κ1) is 11.8. The number of nitrogens with zero attached hydrogens (tertiary/aromatic N) is 3. The third-order valence-corrected chi connectivity index (χ3v) is 2.94. The molecule has 0 amide bonds. The molecule has 0 aliphatic carbocycles. The van der Waals surface area contributed by atoms with Crippen molar-refractivity contribution in [2.75, 3.05) is 39.1 Å². The predicted octanol–water partition coefficient (Wildman–Crippen LogP) is 1.14. The van der Waals surface area contributed by atoms with Crippen LogP contribution in [0.15, 0.2) is 29.3 Å². The van der Waals surface area contributed by atoms with E-state index >= 15 is 0 Å². The molecule has 0 fully saturated rings. The average molecular weight is 232 g/mol. The SMILES string of the molecule is CN1CCN=C1NCc1cccc(N(C)C)c1. The minimum Gasteiger partial charge on any atom is -0.378 e. The van der Waals surface area contributed by atoms with Gasteiger partial charge in [0.25, 0.3) is 0 Å². The molecule has 0 bridgehead atoms. The highest BCUT2D eigenvalue weighted by atomic mass is 15.3. The minimum absolute atomic E-state index is 0.824. The second kappa shape index (κ2) is 5.08. The smallest absolute Gasteiger partial charge is 0.194 e. The van der Waals surface area contributed by atoms with E-state index in [1.54, 1.807) is 0 Å². The first-order valence-electron chi connectivity index (χ1n) is 5.92. The van der Waals surface area contributed by atoms with Gasteiger partial charge in [0.15, 0.2) is 5.96 Å². The van der Waals surface area contributed by atoms with Gasteiger partial charge in [-0.1, -0.05) is 12.1 Å². The fourth-order valence-electron chi connectivity index (χ4n) is 1.85. The van der Waals surface area contributed by atoms with Crippen molar-refractivity contribution in [3.8, 4) is 0 Å². The van der Waals surface area contributed by atoms with Gasteiger partial charge in [0.2, 0.25) is 0 Å². The third kappa shape index (κ3) is 2.90. The summed E-state index contributed by atoms with van der Waals surface area (Å²) in [6, 6.07) is 8.53. The molecule has 0 aromatic heterocycles. The summed E-state index contributed by atoms with van der Waals surface area (Å²) >= 11 is 0. The van der Waals surface area contributed by atoms with Gasteiger partial charge >= 0.3 is 0 Å². The van der Waals surface area contributed by atoms with E-state index in [0.29, 0.717) is 0 Å². The van der Waals surface area contributed by atoms with Crippen LogP contribution in [0.2, 0.25) is 0 Å². The molecule has 4 nitrogen and oxygen atoms in total. The standard InChI is InChI=1S/C13H20N4/c1-16(2)12-6-4-5-11(9-12)10-15-13-14-7-8-17(13)3/h4-6,9H,7-8,10H2,1-3H3,(H,14,15). The molecule has 4 heteroatoms. The van der Waals surface area contributed by atoms with Crippen LogP contribution >= 0.6 is 0 Å². The first-order valence-corrected chi connectivity index (χ1v) is 5.92. The van der Waals surface area contributed by atoms with Gasteiger partial charge in [-0.3, -0.25) is 4.99 Å². The van der Waals surface area contributed by atoms with Gasteiger partial charge in [-0.05, 0) is 17.7 Å². The average Bonchev–Trinajstić information content (AvgIpc) is 2.72. The van der Waals surface area contributed by atoms with Crippen LogP contribution in [0.5, 0.6) is 0 Å². The fraction of sp³-hybridized carbons (Fsp3) is 0.462. The van der Waals surface area contributed by atoms with Crippen LogP contribution in [-0.4, -0.2) is 45.1 Å². The molecule has 0 radical (unpaired) electrons. The topological polar surface area (TPSA) is 30.9 Å². The Bertz CT molecular complexity index is 412. The molecule has 1 heterocycles. The lowest BCUT2D eigenvalue weighted by Crippen LogP contribution is -2.35.